The molecule has 1 amide bonds. The van der Waals surface area contributed by atoms with Crippen LogP contribution in [-0.4, -0.2) is 23.7 Å². The molecule has 19 heavy (non-hydrogen) atoms. The SMILES string of the molecule is CC(O)CN/C=C(/C#N)C(=O)Nc1ccc(Br)cc1. The molecule has 1 aromatic rings. The molecule has 0 radical (unpaired) electrons. The highest BCUT2D eigenvalue weighted by atomic mass is 79.9. The van der Waals surface area contributed by atoms with Crippen molar-refractivity contribution in [2.45, 2.75) is 13.0 Å². The predicted molar refractivity (Wildman–Crippen MR) is 76.2 cm³/mol. The van der Waals surface area contributed by atoms with Gasteiger partial charge in [-0.1, -0.05) is 15.9 Å². The van der Waals surface area contributed by atoms with Crippen LogP contribution in [0, 0.1) is 11.3 Å². The molecule has 0 bridgehead atoms. The van der Waals surface area contributed by atoms with Crippen LogP contribution in [0.4, 0.5) is 5.69 Å². The number of halogens is 1. The number of amides is 1. The average molecular weight is 324 g/mol. The van der Waals surface area contributed by atoms with Crippen LogP contribution in [0.2, 0.25) is 0 Å². The van der Waals surface area contributed by atoms with Crippen molar-refractivity contribution in [2.75, 3.05) is 11.9 Å². The number of aliphatic hydroxyl groups is 1. The second-order valence-electron chi connectivity index (χ2n) is 3.89. The van der Waals surface area contributed by atoms with Gasteiger partial charge in [0.25, 0.3) is 5.91 Å². The molecular weight excluding hydrogens is 310 g/mol. The van der Waals surface area contributed by atoms with E-state index in [1.165, 1.54) is 6.20 Å². The fourth-order valence-electron chi connectivity index (χ4n) is 1.21. The van der Waals surface area contributed by atoms with Crippen molar-refractivity contribution in [1.29, 1.82) is 5.26 Å². The lowest BCUT2D eigenvalue weighted by molar-refractivity contribution is -0.112. The first-order valence-electron chi connectivity index (χ1n) is 5.61. The van der Waals surface area contributed by atoms with E-state index in [0.29, 0.717) is 5.69 Å². The van der Waals surface area contributed by atoms with E-state index in [1.54, 1.807) is 37.3 Å². The molecule has 100 valence electrons. The van der Waals surface area contributed by atoms with Gasteiger partial charge in [-0.15, -0.1) is 0 Å². The Bertz CT molecular complexity index is 504. The Balaban J connectivity index is 2.64. The number of hydrogen-bond donors (Lipinski definition) is 3. The van der Waals surface area contributed by atoms with Crippen molar-refractivity contribution in [1.82, 2.24) is 5.32 Å². The van der Waals surface area contributed by atoms with Crippen molar-refractivity contribution in [2.24, 2.45) is 0 Å². The molecule has 0 aliphatic rings. The molecule has 1 atom stereocenters. The number of aliphatic hydroxyl groups excluding tert-OH is 1. The van der Waals surface area contributed by atoms with Gasteiger partial charge in [0.2, 0.25) is 0 Å². The molecule has 0 fully saturated rings. The average Bonchev–Trinajstić information content (AvgIpc) is 2.37. The molecule has 0 heterocycles. The van der Waals surface area contributed by atoms with Crippen molar-refractivity contribution in [3.63, 3.8) is 0 Å². The second-order valence-corrected chi connectivity index (χ2v) is 4.80. The van der Waals surface area contributed by atoms with Gasteiger partial charge in [0, 0.05) is 22.9 Å². The van der Waals surface area contributed by atoms with Crippen LogP contribution < -0.4 is 10.6 Å². The smallest absolute Gasteiger partial charge is 0.267 e. The van der Waals surface area contributed by atoms with Crippen LogP contribution in [0.5, 0.6) is 0 Å². The number of rotatable bonds is 5. The normalized spacial score (nSPS) is 12.4. The number of nitrogens with one attached hydrogen (secondary N) is 2. The van der Waals surface area contributed by atoms with Gasteiger partial charge in [-0.05, 0) is 31.2 Å². The Morgan fingerprint density at radius 1 is 1.53 bits per heavy atom. The van der Waals surface area contributed by atoms with Crippen LogP contribution in [0.1, 0.15) is 6.92 Å². The minimum Gasteiger partial charge on any atom is -0.392 e. The lowest BCUT2D eigenvalue weighted by atomic mass is 10.2. The van der Waals surface area contributed by atoms with Crippen molar-refractivity contribution in [3.8, 4) is 6.07 Å². The second kappa shape index (κ2) is 7.56. The number of hydrogen-bond acceptors (Lipinski definition) is 4. The summed E-state index contributed by atoms with van der Waals surface area (Å²) >= 11 is 3.29. The van der Waals surface area contributed by atoms with E-state index in [9.17, 15) is 4.79 Å². The largest absolute Gasteiger partial charge is 0.392 e. The lowest BCUT2D eigenvalue weighted by Crippen LogP contribution is -2.22. The molecule has 6 heteroatoms. The zero-order valence-electron chi connectivity index (χ0n) is 10.4. The van der Waals surface area contributed by atoms with Gasteiger partial charge in [0.15, 0.2) is 0 Å². The van der Waals surface area contributed by atoms with Gasteiger partial charge in [-0.25, -0.2) is 0 Å². The van der Waals surface area contributed by atoms with Crippen molar-refractivity contribution >= 4 is 27.5 Å². The predicted octanol–water partition coefficient (Wildman–Crippen LogP) is 1.77. The summed E-state index contributed by atoms with van der Waals surface area (Å²) in [6.07, 6.45) is 0.742. The van der Waals surface area contributed by atoms with E-state index in [1.807, 2.05) is 0 Å². The van der Waals surface area contributed by atoms with E-state index in [4.69, 9.17) is 10.4 Å². The Morgan fingerprint density at radius 2 is 2.16 bits per heavy atom. The standard InChI is InChI=1S/C13H14BrN3O2/c1-9(18)7-16-8-10(6-15)13(19)17-12-4-2-11(14)3-5-12/h2-5,8-9,16,18H,7H2,1H3,(H,17,19)/b10-8-. The quantitative estimate of drug-likeness (QED) is 0.569. The number of carbonyl (C=O) groups is 1. The molecule has 1 unspecified atom stereocenters. The molecule has 3 N–H and O–H groups in total. The first-order chi connectivity index (χ1) is 9.02. The number of anilines is 1. The summed E-state index contributed by atoms with van der Waals surface area (Å²) in [6, 6.07) is 8.83. The summed E-state index contributed by atoms with van der Waals surface area (Å²) in [4.78, 5) is 11.8. The van der Waals surface area contributed by atoms with E-state index in [0.717, 1.165) is 4.47 Å². The number of carbonyl (C=O) groups excluding carboxylic acids is 1. The third-order valence-corrected chi connectivity index (χ3v) is 2.66. The fraction of sp³-hybridized carbons (Fsp3) is 0.231. The minimum absolute atomic E-state index is 0.0523. The van der Waals surface area contributed by atoms with Crippen LogP contribution >= 0.6 is 15.9 Å². The highest BCUT2D eigenvalue weighted by molar-refractivity contribution is 9.10. The maximum Gasteiger partial charge on any atom is 0.267 e. The Morgan fingerprint density at radius 3 is 2.68 bits per heavy atom. The van der Waals surface area contributed by atoms with Gasteiger partial charge in [0.1, 0.15) is 11.6 Å². The molecule has 0 spiro atoms. The zero-order valence-corrected chi connectivity index (χ0v) is 11.9. The molecule has 5 nitrogen and oxygen atoms in total. The molecule has 0 aromatic heterocycles. The summed E-state index contributed by atoms with van der Waals surface area (Å²) in [5.74, 6) is -0.497. The van der Waals surface area contributed by atoms with E-state index >= 15 is 0 Å². The van der Waals surface area contributed by atoms with E-state index < -0.39 is 12.0 Å². The van der Waals surface area contributed by atoms with Gasteiger partial charge < -0.3 is 15.7 Å². The van der Waals surface area contributed by atoms with Gasteiger partial charge >= 0.3 is 0 Å². The fourth-order valence-corrected chi connectivity index (χ4v) is 1.48. The maximum atomic E-state index is 11.8. The molecule has 1 aromatic carbocycles. The van der Waals surface area contributed by atoms with Crippen LogP contribution in [0.3, 0.4) is 0 Å². The van der Waals surface area contributed by atoms with Gasteiger partial charge in [0.05, 0.1) is 6.10 Å². The summed E-state index contributed by atoms with van der Waals surface area (Å²) in [6.45, 7) is 1.88. The van der Waals surface area contributed by atoms with Gasteiger partial charge in [-0.2, -0.15) is 5.26 Å². The monoisotopic (exact) mass is 323 g/mol. The molecule has 0 aliphatic heterocycles. The lowest BCUT2D eigenvalue weighted by Gasteiger charge is -2.06. The van der Waals surface area contributed by atoms with Gasteiger partial charge in [-0.3, -0.25) is 4.79 Å². The van der Waals surface area contributed by atoms with Crippen molar-refractivity contribution < 1.29 is 9.90 Å². The summed E-state index contributed by atoms with van der Waals surface area (Å²) in [5, 5.41) is 23.3. The Kier molecular flexibility index (Phi) is 6.06. The Hall–Kier alpha value is -1.84. The van der Waals surface area contributed by atoms with Crippen LogP contribution in [-0.2, 0) is 4.79 Å². The number of nitriles is 1. The zero-order chi connectivity index (χ0) is 14.3. The molecule has 0 saturated heterocycles. The summed E-state index contributed by atoms with van der Waals surface area (Å²) in [7, 11) is 0. The van der Waals surface area contributed by atoms with E-state index in [2.05, 4.69) is 26.6 Å². The van der Waals surface area contributed by atoms with Crippen LogP contribution in [0.15, 0.2) is 40.5 Å². The Labute approximate surface area is 120 Å². The van der Waals surface area contributed by atoms with E-state index in [-0.39, 0.29) is 12.1 Å². The number of nitrogens with zero attached hydrogens (tertiary/aromatic N) is 1. The highest BCUT2D eigenvalue weighted by Gasteiger charge is 2.09. The maximum absolute atomic E-state index is 11.8. The third kappa shape index (κ3) is 5.55. The molecular formula is C13H14BrN3O2. The molecule has 0 saturated carbocycles. The molecule has 1 rings (SSSR count). The summed E-state index contributed by atoms with van der Waals surface area (Å²) in [5.41, 5.74) is 0.549. The minimum atomic E-state index is -0.550. The highest BCUT2D eigenvalue weighted by Crippen LogP contribution is 2.14. The van der Waals surface area contributed by atoms with Crippen molar-refractivity contribution in [3.05, 3.63) is 40.5 Å². The first kappa shape index (κ1) is 15.2. The number of benzene rings is 1. The first-order valence-corrected chi connectivity index (χ1v) is 6.41. The summed E-state index contributed by atoms with van der Waals surface area (Å²) < 4.78 is 0.903. The third-order valence-electron chi connectivity index (χ3n) is 2.13. The topological polar surface area (TPSA) is 85.2 Å². The molecule has 0 aliphatic carbocycles. The van der Waals surface area contributed by atoms with Crippen LogP contribution in [0.25, 0.3) is 0 Å².